The van der Waals surface area contributed by atoms with Gasteiger partial charge < -0.3 is 15.5 Å². The second kappa shape index (κ2) is 9.21. The number of halogens is 2. The second-order valence-corrected chi connectivity index (χ2v) is 10.4. The number of likely N-dealkylation sites (tertiary alicyclic amines) is 1. The molecule has 3 heterocycles. The third-order valence-electron chi connectivity index (χ3n) is 7.17. The highest BCUT2D eigenvalue weighted by Gasteiger charge is 2.56. The summed E-state index contributed by atoms with van der Waals surface area (Å²) in [6.45, 7) is 2.58. The van der Waals surface area contributed by atoms with Crippen LogP contribution in [0.25, 0.3) is 10.9 Å². The molecule has 2 aliphatic rings. The van der Waals surface area contributed by atoms with Crippen molar-refractivity contribution < 1.29 is 23.2 Å². The Labute approximate surface area is 218 Å². The quantitative estimate of drug-likeness (QED) is 0.506. The Morgan fingerprint density at radius 2 is 2.05 bits per heavy atom. The van der Waals surface area contributed by atoms with Crippen molar-refractivity contribution in [1.29, 1.82) is 0 Å². The molecule has 194 valence electrons. The molecule has 3 amide bonds. The predicted octanol–water partition coefficient (Wildman–Crippen LogP) is 3.73. The van der Waals surface area contributed by atoms with Gasteiger partial charge in [0.25, 0.3) is 5.91 Å². The molecule has 0 bridgehead atoms. The van der Waals surface area contributed by atoms with Gasteiger partial charge in [-0.2, -0.15) is 0 Å². The van der Waals surface area contributed by atoms with Gasteiger partial charge in [-0.05, 0) is 50.1 Å². The topological polar surface area (TPSA) is 91.4 Å². The van der Waals surface area contributed by atoms with E-state index >= 15 is 0 Å². The average Bonchev–Trinajstić information content (AvgIpc) is 3.40. The summed E-state index contributed by atoms with van der Waals surface area (Å²) in [7, 11) is 0. The van der Waals surface area contributed by atoms with Gasteiger partial charge in [0, 0.05) is 35.8 Å². The average molecular weight is 517 g/mol. The largest absolute Gasteiger partial charge is 0.340 e. The molecule has 7 nitrogen and oxygen atoms in total. The second-order valence-electron chi connectivity index (χ2n) is 10.4. The monoisotopic (exact) mass is 516 g/mol. The van der Waals surface area contributed by atoms with Gasteiger partial charge in [0.2, 0.25) is 11.8 Å². The summed E-state index contributed by atoms with van der Waals surface area (Å²) >= 11 is 0. The van der Waals surface area contributed by atoms with Crippen molar-refractivity contribution in [2.24, 2.45) is 0 Å². The third kappa shape index (κ3) is 4.36. The molecule has 9 heteroatoms. The van der Waals surface area contributed by atoms with Crippen LogP contribution in [-0.2, 0) is 15.0 Å². The predicted molar refractivity (Wildman–Crippen MR) is 138 cm³/mol. The minimum Gasteiger partial charge on any atom is -0.340 e. The maximum Gasteiger partial charge on any atom is 0.252 e. The molecule has 0 radical (unpaired) electrons. The van der Waals surface area contributed by atoms with E-state index in [0.717, 1.165) is 11.6 Å². The molecule has 3 aromatic rings. The number of para-hydroxylation sites is 1. The number of amides is 3. The molecule has 2 aromatic carbocycles. The maximum absolute atomic E-state index is 14.8. The molecule has 2 N–H and O–H groups in total. The van der Waals surface area contributed by atoms with E-state index in [0.29, 0.717) is 11.1 Å². The number of rotatable bonds is 5. The smallest absolute Gasteiger partial charge is 0.252 e. The van der Waals surface area contributed by atoms with Crippen molar-refractivity contribution in [1.82, 2.24) is 15.2 Å². The number of pyridine rings is 1. The number of fused-ring (bicyclic) bond motifs is 3. The molecule has 2 aliphatic heterocycles. The highest BCUT2D eigenvalue weighted by Crippen LogP contribution is 2.46. The normalized spacial score (nSPS) is 21.2. The lowest BCUT2D eigenvalue weighted by Gasteiger charge is -2.30. The molecule has 2 unspecified atom stereocenters. The van der Waals surface area contributed by atoms with Crippen LogP contribution in [0.3, 0.4) is 0 Å². The maximum atomic E-state index is 14.8. The van der Waals surface area contributed by atoms with Crippen molar-refractivity contribution in [3.8, 4) is 12.3 Å². The van der Waals surface area contributed by atoms with Crippen molar-refractivity contribution in [3.63, 3.8) is 0 Å². The van der Waals surface area contributed by atoms with Gasteiger partial charge in [-0.15, -0.1) is 6.42 Å². The summed E-state index contributed by atoms with van der Waals surface area (Å²) in [6.07, 6.45) is 7.07. The van der Waals surface area contributed by atoms with Crippen LogP contribution in [0.2, 0.25) is 0 Å². The summed E-state index contributed by atoms with van der Waals surface area (Å²) in [5, 5.41) is 5.85. The number of nitrogens with one attached hydrogen (secondary N) is 2. The highest BCUT2D eigenvalue weighted by molar-refractivity contribution is 6.07. The fourth-order valence-electron chi connectivity index (χ4n) is 5.43. The van der Waals surface area contributed by atoms with Crippen LogP contribution in [0.4, 0.5) is 14.5 Å². The lowest BCUT2D eigenvalue weighted by molar-refractivity contribution is -0.134. The van der Waals surface area contributed by atoms with Gasteiger partial charge in [-0.25, -0.2) is 8.78 Å². The summed E-state index contributed by atoms with van der Waals surface area (Å²) < 4.78 is 29.5. The number of terminal acetylenes is 1. The van der Waals surface area contributed by atoms with Gasteiger partial charge in [0.15, 0.2) is 0 Å². The van der Waals surface area contributed by atoms with E-state index in [1.165, 1.54) is 31.0 Å². The first-order chi connectivity index (χ1) is 18.0. The first-order valence-electron chi connectivity index (χ1n) is 12.2. The van der Waals surface area contributed by atoms with Gasteiger partial charge in [-0.1, -0.05) is 30.2 Å². The van der Waals surface area contributed by atoms with Crippen LogP contribution in [0.5, 0.6) is 0 Å². The van der Waals surface area contributed by atoms with Crippen molar-refractivity contribution >= 4 is 34.3 Å². The Balaban J connectivity index is 1.45. The van der Waals surface area contributed by atoms with Gasteiger partial charge in [0.05, 0.1) is 11.5 Å². The minimum absolute atomic E-state index is 0.0150. The van der Waals surface area contributed by atoms with E-state index < -0.39 is 40.8 Å². The molecule has 38 heavy (non-hydrogen) atoms. The Bertz CT molecular complexity index is 1510. The van der Waals surface area contributed by atoms with E-state index in [2.05, 4.69) is 21.5 Å². The SMILES string of the molecule is C#CC1C[C@@]2(CN1C(=O)C(CC(C)(C)F)NC(=O)c1cc(F)c3ncccc3c1)C(=O)Nc1ccccc12. The lowest BCUT2D eigenvalue weighted by atomic mass is 9.79. The number of hydrogen-bond donors (Lipinski definition) is 2. The number of carbonyl (C=O) groups is 3. The third-order valence-corrected chi connectivity index (χ3v) is 7.17. The fraction of sp³-hybridized carbons (Fsp3) is 0.310. The summed E-state index contributed by atoms with van der Waals surface area (Å²) in [6, 6.07) is 10.9. The Morgan fingerprint density at radius 1 is 1.29 bits per heavy atom. The molecule has 0 aliphatic carbocycles. The van der Waals surface area contributed by atoms with E-state index in [9.17, 15) is 23.2 Å². The van der Waals surface area contributed by atoms with Crippen LogP contribution in [0, 0.1) is 18.2 Å². The number of alkyl halides is 1. The number of aromatic nitrogens is 1. The number of benzene rings is 2. The number of carbonyl (C=O) groups excluding carboxylic acids is 3. The van der Waals surface area contributed by atoms with Crippen molar-refractivity contribution in [3.05, 3.63) is 71.7 Å². The molecule has 5 rings (SSSR count). The number of anilines is 1. The van der Waals surface area contributed by atoms with E-state index in [1.807, 2.05) is 12.1 Å². The summed E-state index contributed by atoms with van der Waals surface area (Å²) in [5.41, 5.74) is -1.40. The Kier molecular flexibility index (Phi) is 6.14. The fourth-order valence-corrected chi connectivity index (χ4v) is 5.43. The molecule has 1 saturated heterocycles. The van der Waals surface area contributed by atoms with E-state index in [-0.39, 0.29) is 36.4 Å². The zero-order valence-electron chi connectivity index (χ0n) is 20.9. The zero-order valence-corrected chi connectivity index (χ0v) is 20.9. The molecule has 1 fully saturated rings. The van der Waals surface area contributed by atoms with Crippen LogP contribution in [0.15, 0.2) is 54.7 Å². The van der Waals surface area contributed by atoms with Gasteiger partial charge in [-0.3, -0.25) is 19.4 Å². The van der Waals surface area contributed by atoms with Crippen LogP contribution >= 0.6 is 0 Å². The Hall–Kier alpha value is -4.32. The molecular weight excluding hydrogens is 490 g/mol. The first kappa shape index (κ1) is 25.3. The van der Waals surface area contributed by atoms with Crippen LogP contribution in [-0.4, -0.2) is 51.9 Å². The molecule has 1 spiro atoms. The zero-order chi connectivity index (χ0) is 27.2. The van der Waals surface area contributed by atoms with Crippen molar-refractivity contribution in [2.75, 3.05) is 11.9 Å². The molecule has 3 atom stereocenters. The summed E-state index contributed by atoms with van der Waals surface area (Å²) in [5.74, 6) is 0.283. The molecular formula is C29H26F2N4O3. The molecule has 1 aromatic heterocycles. The lowest BCUT2D eigenvalue weighted by Crippen LogP contribution is -2.52. The number of nitrogens with zero attached hydrogens (tertiary/aromatic N) is 2. The van der Waals surface area contributed by atoms with Gasteiger partial charge in [0.1, 0.15) is 23.0 Å². The van der Waals surface area contributed by atoms with Crippen molar-refractivity contribution in [2.45, 2.75) is 49.9 Å². The number of hydrogen-bond acceptors (Lipinski definition) is 4. The molecule has 0 saturated carbocycles. The Morgan fingerprint density at radius 3 is 2.79 bits per heavy atom. The minimum atomic E-state index is -1.83. The summed E-state index contributed by atoms with van der Waals surface area (Å²) in [4.78, 5) is 45.4. The van der Waals surface area contributed by atoms with E-state index in [1.54, 1.807) is 24.3 Å². The standard InChI is InChI=1S/C29H26F2N4O3/c1-4-19-14-29(20-9-5-6-10-22(20)34-27(29)38)16-35(19)26(37)23(15-28(2,3)31)33-25(36)18-12-17-8-7-11-32-24(17)21(30)13-18/h1,5-13,19,23H,14-16H2,2-3H3,(H,33,36)(H,34,38)/t19?,23?,29-/m0/s1. The van der Waals surface area contributed by atoms with Crippen LogP contribution < -0.4 is 10.6 Å². The van der Waals surface area contributed by atoms with E-state index in [4.69, 9.17) is 6.42 Å². The highest BCUT2D eigenvalue weighted by atomic mass is 19.1. The van der Waals surface area contributed by atoms with Crippen LogP contribution in [0.1, 0.15) is 42.6 Å². The van der Waals surface area contributed by atoms with Gasteiger partial charge >= 0.3 is 0 Å². The first-order valence-corrected chi connectivity index (χ1v) is 12.2.